The summed E-state index contributed by atoms with van der Waals surface area (Å²) in [5.41, 5.74) is -0.402. The second kappa shape index (κ2) is 9.64. The first-order chi connectivity index (χ1) is 16.4. The normalized spacial score (nSPS) is 27.3. The third-order valence-corrected chi connectivity index (χ3v) is 8.47. The fourth-order valence-corrected chi connectivity index (χ4v) is 5.84. The molecule has 4 rings (SSSR count). The number of carbonyl (C=O) groups is 1. The predicted molar refractivity (Wildman–Crippen MR) is 130 cm³/mol. The highest BCUT2D eigenvalue weighted by Gasteiger charge is 2.52. The Hall–Kier alpha value is -2.28. The lowest BCUT2D eigenvalue weighted by Gasteiger charge is -2.51. The van der Waals surface area contributed by atoms with E-state index < -0.39 is 29.0 Å². The van der Waals surface area contributed by atoms with E-state index in [4.69, 9.17) is 4.74 Å². The van der Waals surface area contributed by atoms with E-state index >= 15 is 0 Å². The number of nitrogens with one attached hydrogen (secondary N) is 1. The van der Waals surface area contributed by atoms with Crippen LogP contribution in [0.1, 0.15) is 83.4 Å². The van der Waals surface area contributed by atoms with Crippen molar-refractivity contribution in [1.82, 2.24) is 5.32 Å². The van der Waals surface area contributed by atoms with Gasteiger partial charge in [-0.25, -0.2) is 0 Å². The fourth-order valence-electron chi connectivity index (χ4n) is 5.84. The summed E-state index contributed by atoms with van der Waals surface area (Å²) in [5, 5.41) is 13.5. The zero-order valence-electron chi connectivity index (χ0n) is 20.9. The second-order valence-corrected chi connectivity index (χ2v) is 11.0. The molecule has 0 unspecified atom stereocenters. The second-order valence-electron chi connectivity index (χ2n) is 11.0. The molecule has 0 aliphatic heterocycles. The van der Waals surface area contributed by atoms with Crippen LogP contribution in [0.2, 0.25) is 0 Å². The van der Waals surface area contributed by atoms with Crippen LogP contribution in [0.15, 0.2) is 30.3 Å². The van der Waals surface area contributed by atoms with Crippen LogP contribution in [-0.4, -0.2) is 23.2 Å². The molecule has 0 heterocycles. The molecule has 3 atom stereocenters. The van der Waals surface area contributed by atoms with Crippen molar-refractivity contribution in [2.75, 3.05) is 0 Å². The number of hydrogen-bond acceptors (Lipinski definition) is 3. The predicted octanol–water partition coefficient (Wildman–Crippen LogP) is 7.36. The third-order valence-electron chi connectivity index (χ3n) is 8.47. The minimum Gasteiger partial charge on any atom is -0.490 e. The summed E-state index contributed by atoms with van der Waals surface area (Å²) in [6.45, 7) is 7.89. The molecule has 0 aromatic heterocycles. The number of benzene rings is 2. The molecule has 0 bridgehead atoms. The Bertz CT molecular complexity index is 1070. The van der Waals surface area contributed by atoms with Crippen LogP contribution >= 0.6 is 0 Å². The van der Waals surface area contributed by atoms with Crippen molar-refractivity contribution in [2.24, 2.45) is 17.3 Å². The number of hydrogen-bond donors (Lipinski definition) is 2. The maximum atomic E-state index is 14.3. The maximum Gasteiger partial charge on any atom is 0.420 e. The van der Waals surface area contributed by atoms with Crippen LogP contribution in [0, 0.1) is 17.3 Å². The molecule has 192 valence electrons. The summed E-state index contributed by atoms with van der Waals surface area (Å²) in [6, 6.07) is 8.08. The summed E-state index contributed by atoms with van der Waals surface area (Å²) in [4.78, 5) is 11.4. The van der Waals surface area contributed by atoms with Crippen molar-refractivity contribution in [3.8, 4) is 5.75 Å². The smallest absolute Gasteiger partial charge is 0.420 e. The van der Waals surface area contributed by atoms with Crippen LogP contribution < -0.4 is 10.1 Å². The van der Waals surface area contributed by atoms with E-state index in [2.05, 4.69) is 12.2 Å². The third kappa shape index (κ3) is 5.16. The monoisotopic (exact) mass is 491 g/mol. The summed E-state index contributed by atoms with van der Waals surface area (Å²) < 4.78 is 49.0. The lowest BCUT2D eigenvalue weighted by atomic mass is 9.58. The zero-order valence-corrected chi connectivity index (χ0v) is 20.9. The molecule has 2 aromatic carbocycles. The fraction of sp³-hybridized carbons (Fsp3) is 0.607. The zero-order chi connectivity index (χ0) is 25.5. The van der Waals surface area contributed by atoms with Crippen LogP contribution in [0.4, 0.5) is 13.2 Å². The van der Waals surface area contributed by atoms with E-state index in [1.165, 1.54) is 6.07 Å². The van der Waals surface area contributed by atoms with Crippen LogP contribution in [0.5, 0.6) is 5.75 Å². The Morgan fingerprint density at radius 3 is 2.40 bits per heavy atom. The molecule has 35 heavy (non-hydrogen) atoms. The highest BCUT2D eigenvalue weighted by molar-refractivity contribution is 5.89. The standard InChI is InChI=1S/C28H36F3NO3/c1-5-17-6-11-20(12-7-17)35-23-13-10-18-8-9-19(14-21(18)25(23)28(29,30)31)16(2)32-24-15-22(26(33)34)27(24,3)4/h8-10,13-14,16-17,20,22,24,32H,5-7,11-12,15H2,1-4H3,(H,33,34)/t16-,17?,20?,22-,24+/m0/s1. The Morgan fingerprint density at radius 1 is 1.17 bits per heavy atom. The Labute approximate surface area is 205 Å². The van der Waals surface area contributed by atoms with Gasteiger partial charge in [-0.2, -0.15) is 13.2 Å². The number of halogens is 3. The molecule has 0 radical (unpaired) electrons. The molecule has 4 nitrogen and oxygen atoms in total. The van der Waals surface area contributed by atoms with E-state index in [-0.39, 0.29) is 29.3 Å². The first-order valence-corrected chi connectivity index (χ1v) is 12.7. The van der Waals surface area contributed by atoms with Crippen molar-refractivity contribution in [2.45, 2.75) is 90.6 Å². The molecular formula is C28H36F3NO3. The maximum absolute atomic E-state index is 14.3. The molecule has 7 heteroatoms. The number of carboxylic acid groups (broad SMARTS) is 1. The summed E-state index contributed by atoms with van der Waals surface area (Å²) in [5.74, 6) is -0.687. The van der Waals surface area contributed by atoms with E-state index in [0.717, 1.165) is 37.7 Å². The number of carboxylic acids is 1. The number of fused-ring (bicyclic) bond motifs is 1. The average molecular weight is 492 g/mol. The first-order valence-electron chi connectivity index (χ1n) is 12.7. The summed E-state index contributed by atoms with van der Waals surface area (Å²) in [6.07, 6.45) is 0.408. The molecular weight excluding hydrogens is 455 g/mol. The molecule has 2 aromatic rings. The van der Waals surface area contributed by atoms with Gasteiger partial charge in [-0.05, 0) is 78.8 Å². The van der Waals surface area contributed by atoms with Gasteiger partial charge in [0.1, 0.15) is 11.3 Å². The number of ether oxygens (including phenoxy) is 1. The van der Waals surface area contributed by atoms with Crippen molar-refractivity contribution in [3.63, 3.8) is 0 Å². The molecule has 2 aliphatic carbocycles. The van der Waals surface area contributed by atoms with E-state index in [1.54, 1.807) is 18.2 Å². The molecule has 2 fully saturated rings. The Morgan fingerprint density at radius 2 is 1.83 bits per heavy atom. The quantitative estimate of drug-likeness (QED) is 0.425. The van der Waals surface area contributed by atoms with Gasteiger partial charge in [0, 0.05) is 12.1 Å². The molecule has 0 saturated heterocycles. The SMILES string of the molecule is CCC1CCC(Oc2ccc3ccc([C@H](C)N[C@@H]4C[C@@H](C(=O)O)C4(C)C)cc3c2C(F)(F)F)CC1. The number of alkyl halides is 3. The Balaban J connectivity index is 1.60. The lowest BCUT2D eigenvalue weighted by molar-refractivity contribution is -0.155. The highest BCUT2D eigenvalue weighted by atomic mass is 19.4. The molecule has 0 amide bonds. The van der Waals surface area contributed by atoms with E-state index in [0.29, 0.717) is 17.7 Å². The van der Waals surface area contributed by atoms with Crippen LogP contribution in [0.25, 0.3) is 10.8 Å². The van der Waals surface area contributed by atoms with Crippen LogP contribution in [0.3, 0.4) is 0 Å². The van der Waals surface area contributed by atoms with Crippen LogP contribution in [-0.2, 0) is 11.0 Å². The largest absolute Gasteiger partial charge is 0.490 e. The van der Waals surface area contributed by atoms with Gasteiger partial charge in [0.05, 0.1) is 12.0 Å². The van der Waals surface area contributed by atoms with Gasteiger partial charge >= 0.3 is 12.1 Å². The first kappa shape index (κ1) is 25.8. The van der Waals surface area contributed by atoms with Gasteiger partial charge in [-0.1, -0.05) is 45.4 Å². The topological polar surface area (TPSA) is 58.6 Å². The molecule has 2 aliphatic rings. The minimum atomic E-state index is -4.55. The van der Waals surface area contributed by atoms with Crippen molar-refractivity contribution in [3.05, 3.63) is 41.5 Å². The Kier molecular flexibility index (Phi) is 7.11. The van der Waals surface area contributed by atoms with Crippen molar-refractivity contribution >= 4 is 16.7 Å². The van der Waals surface area contributed by atoms with Crippen molar-refractivity contribution in [1.29, 1.82) is 0 Å². The molecule has 0 spiro atoms. The number of aliphatic carboxylic acids is 1. The summed E-state index contributed by atoms with van der Waals surface area (Å²) in [7, 11) is 0. The minimum absolute atomic E-state index is 0.0238. The molecule has 2 saturated carbocycles. The van der Waals surface area contributed by atoms with Gasteiger partial charge in [-0.3, -0.25) is 4.79 Å². The van der Waals surface area contributed by atoms with Gasteiger partial charge < -0.3 is 15.2 Å². The van der Waals surface area contributed by atoms with Gasteiger partial charge in [-0.15, -0.1) is 0 Å². The van der Waals surface area contributed by atoms with E-state index in [1.807, 2.05) is 26.8 Å². The highest BCUT2D eigenvalue weighted by Crippen LogP contribution is 2.47. The van der Waals surface area contributed by atoms with Gasteiger partial charge in [0.15, 0.2) is 0 Å². The van der Waals surface area contributed by atoms with Gasteiger partial charge in [0.25, 0.3) is 0 Å². The van der Waals surface area contributed by atoms with Gasteiger partial charge in [0.2, 0.25) is 0 Å². The number of rotatable bonds is 7. The lowest BCUT2D eigenvalue weighted by Crippen LogP contribution is -2.59. The molecule has 2 N–H and O–H groups in total. The van der Waals surface area contributed by atoms with Crippen molar-refractivity contribution < 1.29 is 27.8 Å². The average Bonchev–Trinajstić information content (AvgIpc) is 2.80. The summed E-state index contributed by atoms with van der Waals surface area (Å²) >= 11 is 0. The van der Waals surface area contributed by atoms with E-state index in [9.17, 15) is 23.1 Å².